The van der Waals surface area contributed by atoms with E-state index in [1.54, 1.807) is 25.7 Å². The molecule has 1 aromatic rings. The Bertz CT molecular complexity index is 338. The number of hydrogen-bond acceptors (Lipinski definition) is 5. The molecule has 1 aromatic heterocycles. The Labute approximate surface area is 99.3 Å². The maximum absolute atomic E-state index is 4.97. The number of hydrogen-bond donors (Lipinski definition) is 2. The first-order valence-corrected chi connectivity index (χ1v) is 6.38. The summed E-state index contributed by atoms with van der Waals surface area (Å²) in [5.41, 5.74) is 0. The standard InChI is InChI=1S/C9H17N5OS/c1-7-13-8(15-14-7)6-12-9(10-2)11-4-5-16-3/h4-6H2,1-3H3,(H2,10,11,12). The summed E-state index contributed by atoms with van der Waals surface area (Å²) in [6.07, 6.45) is 2.07. The van der Waals surface area contributed by atoms with Gasteiger partial charge >= 0.3 is 0 Å². The largest absolute Gasteiger partial charge is 0.356 e. The Hall–Kier alpha value is -1.24. The van der Waals surface area contributed by atoms with Gasteiger partial charge in [0.05, 0.1) is 6.54 Å². The molecule has 0 spiro atoms. The lowest BCUT2D eigenvalue weighted by Crippen LogP contribution is -2.38. The molecule has 0 atom stereocenters. The van der Waals surface area contributed by atoms with E-state index >= 15 is 0 Å². The number of nitrogens with zero attached hydrogens (tertiary/aromatic N) is 3. The highest BCUT2D eigenvalue weighted by Gasteiger charge is 2.03. The van der Waals surface area contributed by atoms with Gasteiger partial charge in [-0.2, -0.15) is 16.7 Å². The molecule has 0 aliphatic heterocycles. The predicted octanol–water partition coefficient (Wildman–Crippen LogP) is 0.406. The third-order valence-corrected chi connectivity index (χ3v) is 2.41. The van der Waals surface area contributed by atoms with Gasteiger partial charge in [-0.25, -0.2) is 0 Å². The maximum Gasteiger partial charge on any atom is 0.246 e. The van der Waals surface area contributed by atoms with E-state index in [4.69, 9.17) is 4.52 Å². The number of guanidine groups is 1. The van der Waals surface area contributed by atoms with Crippen LogP contribution in [-0.4, -0.2) is 41.7 Å². The fraction of sp³-hybridized carbons (Fsp3) is 0.667. The van der Waals surface area contributed by atoms with Crippen LogP contribution in [-0.2, 0) is 6.54 Å². The summed E-state index contributed by atoms with van der Waals surface area (Å²) in [5, 5.41) is 9.97. The van der Waals surface area contributed by atoms with Crippen molar-refractivity contribution in [2.45, 2.75) is 13.5 Å². The zero-order chi connectivity index (χ0) is 11.8. The fourth-order valence-corrected chi connectivity index (χ4v) is 1.37. The second-order valence-corrected chi connectivity index (χ2v) is 4.07. The van der Waals surface area contributed by atoms with Crippen molar-refractivity contribution >= 4 is 17.7 Å². The maximum atomic E-state index is 4.97. The summed E-state index contributed by atoms with van der Waals surface area (Å²) in [6, 6.07) is 0. The van der Waals surface area contributed by atoms with E-state index in [1.165, 1.54) is 0 Å². The van der Waals surface area contributed by atoms with E-state index in [0.717, 1.165) is 18.3 Å². The van der Waals surface area contributed by atoms with E-state index in [1.807, 2.05) is 0 Å². The van der Waals surface area contributed by atoms with Crippen molar-refractivity contribution in [3.8, 4) is 0 Å². The third-order valence-electron chi connectivity index (χ3n) is 1.80. The number of nitrogens with one attached hydrogen (secondary N) is 2. The fourth-order valence-electron chi connectivity index (χ4n) is 1.06. The lowest BCUT2D eigenvalue weighted by molar-refractivity contribution is 0.371. The molecule has 90 valence electrons. The summed E-state index contributed by atoms with van der Waals surface area (Å²) in [7, 11) is 1.73. The molecule has 1 heterocycles. The van der Waals surface area contributed by atoms with Crippen molar-refractivity contribution in [1.82, 2.24) is 20.8 Å². The molecular formula is C9H17N5OS. The summed E-state index contributed by atoms with van der Waals surface area (Å²) < 4.78 is 4.97. The zero-order valence-electron chi connectivity index (χ0n) is 9.78. The molecule has 0 saturated heterocycles. The molecule has 0 aliphatic rings. The SMILES string of the molecule is CN=C(NCCSC)NCc1nc(C)no1. The summed E-state index contributed by atoms with van der Waals surface area (Å²) in [5.74, 6) is 2.98. The molecule has 0 unspecified atom stereocenters. The molecule has 0 fully saturated rings. The van der Waals surface area contributed by atoms with Crippen LogP contribution in [0, 0.1) is 6.92 Å². The third kappa shape index (κ3) is 4.52. The predicted molar refractivity (Wildman–Crippen MR) is 65.6 cm³/mol. The number of aromatic nitrogens is 2. The van der Waals surface area contributed by atoms with E-state index < -0.39 is 0 Å². The minimum atomic E-state index is 0.486. The van der Waals surface area contributed by atoms with Crippen LogP contribution < -0.4 is 10.6 Å². The quantitative estimate of drug-likeness (QED) is 0.443. The number of aryl methyl sites for hydroxylation is 1. The molecule has 0 aliphatic carbocycles. The lowest BCUT2D eigenvalue weighted by Gasteiger charge is -2.09. The minimum absolute atomic E-state index is 0.486. The van der Waals surface area contributed by atoms with Crippen LogP contribution in [0.25, 0.3) is 0 Å². The van der Waals surface area contributed by atoms with Crippen LogP contribution in [0.1, 0.15) is 11.7 Å². The topological polar surface area (TPSA) is 75.3 Å². The molecule has 1 rings (SSSR count). The highest BCUT2D eigenvalue weighted by atomic mass is 32.2. The Morgan fingerprint density at radius 1 is 1.50 bits per heavy atom. The van der Waals surface area contributed by atoms with Crippen LogP contribution in [0.2, 0.25) is 0 Å². The first kappa shape index (κ1) is 12.8. The Kier molecular flexibility index (Phi) is 5.69. The molecule has 0 saturated carbocycles. The van der Waals surface area contributed by atoms with Crippen LogP contribution in [0.4, 0.5) is 0 Å². The van der Waals surface area contributed by atoms with Crippen LogP contribution in [0.3, 0.4) is 0 Å². The van der Waals surface area contributed by atoms with Crippen molar-refractivity contribution in [3.63, 3.8) is 0 Å². The molecule has 16 heavy (non-hydrogen) atoms. The number of rotatable bonds is 5. The average Bonchev–Trinajstić information content (AvgIpc) is 2.69. The number of aliphatic imine (C=N–C) groups is 1. The molecule has 0 aromatic carbocycles. The lowest BCUT2D eigenvalue weighted by atomic mass is 10.6. The summed E-state index contributed by atoms with van der Waals surface area (Å²) in [6.45, 7) is 3.15. The smallest absolute Gasteiger partial charge is 0.246 e. The van der Waals surface area contributed by atoms with Gasteiger partial charge in [-0.3, -0.25) is 4.99 Å². The van der Waals surface area contributed by atoms with Gasteiger partial charge in [0.2, 0.25) is 5.89 Å². The van der Waals surface area contributed by atoms with E-state index in [0.29, 0.717) is 18.3 Å². The molecular weight excluding hydrogens is 226 g/mol. The second kappa shape index (κ2) is 7.10. The van der Waals surface area contributed by atoms with Gasteiger partial charge in [0.25, 0.3) is 0 Å². The Morgan fingerprint density at radius 2 is 2.31 bits per heavy atom. The van der Waals surface area contributed by atoms with Gasteiger partial charge in [-0.05, 0) is 13.2 Å². The van der Waals surface area contributed by atoms with Crippen LogP contribution in [0.15, 0.2) is 9.52 Å². The molecule has 0 bridgehead atoms. The van der Waals surface area contributed by atoms with Crippen molar-refractivity contribution in [1.29, 1.82) is 0 Å². The van der Waals surface area contributed by atoms with Gasteiger partial charge < -0.3 is 15.2 Å². The molecule has 7 heteroatoms. The Morgan fingerprint density at radius 3 is 2.88 bits per heavy atom. The zero-order valence-corrected chi connectivity index (χ0v) is 10.6. The first-order valence-electron chi connectivity index (χ1n) is 4.99. The Balaban J connectivity index is 2.29. The van der Waals surface area contributed by atoms with E-state index in [9.17, 15) is 0 Å². The van der Waals surface area contributed by atoms with Gasteiger partial charge in [0, 0.05) is 19.3 Å². The molecule has 0 radical (unpaired) electrons. The summed E-state index contributed by atoms with van der Waals surface area (Å²) in [4.78, 5) is 8.16. The van der Waals surface area contributed by atoms with Gasteiger partial charge in [-0.1, -0.05) is 5.16 Å². The van der Waals surface area contributed by atoms with Gasteiger partial charge in [0.15, 0.2) is 11.8 Å². The monoisotopic (exact) mass is 243 g/mol. The normalized spacial score (nSPS) is 11.6. The number of thioether (sulfide) groups is 1. The summed E-state index contributed by atoms with van der Waals surface area (Å²) >= 11 is 1.79. The molecule has 2 N–H and O–H groups in total. The van der Waals surface area contributed by atoms with Crippen molar-refractivity contribution < 1.29 is 4.52 Å². The highest BCUT2D eigenvalue weighted by molar-refractivity contribution is 7.98. The molecule has 6 nitrogen and oxygen atoms in total. The van der Waals surface area contributed by atoms with Crippen molar-refractivity contribution in [2.24, 2.45) is 4.99 Å². The van der Waals surface area contributed by atoms with Gasteiger partial charge in [0.1, 0.15) is 0 Å². The first-order chi connectivity index (χ1) is 7.76. The van der Waals surface area contributed by atoms with Crippen LogP contribution in [0.5, 0.6) is 0 Å². The molecule has 0 amide bonds. The van der Waals surface area contributed by atoms with E-state index in [2.05, 4.69) is 32.0 Å². The average molecular weight is 243 g/mol. The van der Waals surface area contributed by atoms with Crippen molar-refractivity contribution in [2.75, 3.05) is 25.6 Å². The highest BCUT2D eigenvalue weighted by Crippen LogP contribution is 1.94. The van der Waals surface area contributed by atoms with E-state index in [-0.39, 0.29) is 0 Å². The van der Waals surface area contributed by atoms with Crippen LogP contribution >= 0.6 is 11.8 Å². The van der Waals surface area contributed by atoms with Gasteiger partial charge in [-0.15, -0.1) is 0 Å². The minimum Gasteiger partial charge on any atom is -0.356 e. The second-order valence-electron chi connectivity index (χ2n) is 3.08. The van der Waals surface area contributed by atoms with Crippen molar-refractivity contribution in [3.05, 3.63) is 11.7 Å².